The van der Waals surface area contributed by atoms with E-state index >= 15 is 0 Å². The summed E-state index contributed by atoms with van der Waals surface area (Å²) >= 11 is 12.4. The average molecular weight is 324 g/mol. The smallest absolute Gasteiger partial charge is 0.222 e. The van der Waals surface area contributed by atoms with Gasteiger partial charge < -0.3 is 15.5 Å². The largest absolute Gasteiger partial charge is 0.368 e. The van der Waals surface area contributed by atoms with Crippen LogP contribution in [0.2, 0.25) is 10.0 Å². The van der Waals surface area contributed by atoms with Crippen LogP contribution >= 0.6 is 23.2 Å². The summed E-state index contributed by atoms with van der Waals surface area (Å²) in [5.74, 6) is 0.936. The van der Waals surface area contributed by atoms with Gasteiger partial charge >= 0.3 is 0 Å². The molecule has 1 aromatic carbocycles. The van der Waals surface area contributed by atoms with E-state index in [0.717, 1.165) is 36.9 Å². The van der Waals surface area contributed by atoms with Crippen LogP contribution in [-0.2, 0) is 0 Å². The second-order valence-electron chi connectivity index (χ2n) is 4.83. The highest BCUT2D eigenvalue weighted by atomic mass is 35.5. The molecule has 110 valence electrons. The van der Waals surface area contributed by atoms with Crippen molar-refractivity contribution in [2.24, 2.45) is 0 Å². The Morgan fingerprint density at radius 3 is 2.33 bits per heavy atom. The van der Waals surface area contributed by atoms with E-state index < -0.39 is 0 Å². The SMILES string of the molecule is Nc1ncc(Cl)c(N2CCN(c3ccccc3Cl)CC2)n1. The Morgan fingerprint density at radius 2 is 1.62 bits per heavy atom. The van der Waals surface area contributed by atoms with Crippen LogP contribution in [0.15, 0.2) is 30.5 Å². The highest BCUT2D eigenvalue weighted by Gasteiger charge is 2.21. The molecule has 21 heavy (non-hydrogen) atoms. The quantitative estimate of drug-likeness (QED) is 0.920. The van der Waals surface area contributed by atoms with Crippen LogP contribution in [0.1, 0.15) is 0 Å². The molecule has 2 aromatic rings. The second kappa shape index (κ2) is 5.95. The Bertz CT molecular complexity index is 641. The van der Waals surface area contributed by atoms with Crippen molar-refractivity contribution in [3.63, 3.8) is 0 Å². The third-order valence-corrected chi connectivity index (χ3v) is 4.10. The maximum atomic E-state index is 6.24. The molecule has 1 aromatic heterocycles. The zero-order valence-corrected chi connectivity index (χ0v) is 12.8. The van der Waals surface area contributed by atoms with Crippen molar-refractivity contribution in [1.29, 1.82) is 0 Å². The van der Waals surface area contributed by atoms with Gasteiger partial charge in [0.1, 0.15) is 5.02 Å². The van der Waals surface area contributed by atoms with Gasteiger partial charge in [-0.1, -0.05) is 35.3 Å². The fraction of sp³-hybridized carbons (Fsp3) is 0.286. The third kappa shape index (κ3) is 2.99. The van der Waals surface area contributed by atoms with Crippen LogP contribution in [0.5, 0.6) is 0 Å². The molecule has 0 radical (unpaired) electrons. The lowest BCUT2D eigenvalue weighted by Gasteiger charge is -2.37. The van der Waals surface area contributed by atoms with Crippen LogP contribution in [0.3, 0.4) is 0 Å². The zero-order chi connectivity index (χ0) is 14.8. The fourth-order valence-electron chi connectivity index (χ4n) is 2.46. The van der Waals surface area contributed by atoms with Crippen LogP contribution in [0.25, 0.3) is 0 Å². The molecule has 1 aliphatic heterocycles. The Balaban J connectivity index is 1.73. The van der Waals surface area contributed by atoms with Gasteiger partial charge in [0, 0.05) is 26.2 Å². The number of nitrogens with zero attached hydrogens (tertiary/aromatic N) is 4. The molecular weight excluding hydrogens is 309 g/mol. The number of anilines is 3. The van der Waals surface area contributed by atoms with Crippen molar-refractivity contribution in [3.8, 4) is 0 Å². The summed E-state index contributed by atoms with van der Waals surface area (Å²) in [5.41, 5.74) is 6.70. The van der Waals surface area contributed by atoms with Gasteiger partial charge in [0.25, 0.3) is 0 Å². The van der Waals surface area contributed by atoms with Crippen molar-refractivity contribution in [3.05, 3.63) is 40.5 Å². The van der Waals surface area contributed by atoms with E-state index in [-0.39, 0.29) is 5.95 Å². The first-order valence-corrected chi connectivity index (χ1v) is 7.43. The van der Waals surface area contributed by atoms with Crippen molar-refractivity contribution in [2.75, 3.05) is 41.7 Å². The number of benzene rings is 1. The molecule has 0 unspecified atom stereocenters. The molecule has 0 bridgehead atoms. The zero-order valence-electron chi connectivity index (χ0n) is 11.3. The van der Waals surface area contributed by atoms with Crippen LogP contribution < -0.4 is 15.5 Å². The highest BCUT2D eigenvalue weighted by molar-refractivity contribution is 6.33. The number of aromatic nitrogens is 2. The molecule has 0 atom stereocenters. The van der Waals surface area contributed by atoms with Crippen molar-refractivity contribution < 1.29 is 0 Å². The van der Waals surface area contributed by atoms with Gasteiger partial charge in [0.15, 0.2) is 5.82 Å². The number of piperazine rings is 1. The van der Waals surface area contributed by atoms with E-state index in [1.165, 1.54) is 0 Å². The lowest BCUT2D eigenvalue weighted by Crippen LogP contribution is -2.47. The van der Waals surface area contributed by atoms with Gasteiger partial charge in [-0.05, 0) is 12.1 Å². The Hall–Kier alpha value is -1.72. The molecule has 3 rings (SSSR count). The van der Waals surface area contributed by atoms with Gasteiger partial charge in [-0.15, -0.1) is 0 Å². The van der Waals surface area contributed by atoms with Crippen molar-refractivity contribution in [1.82, 2.24) is 9.97 Å². The van der Waals surface area contributed by atoms with Gasteiger partial charge in [-0.25, -0.2) is 4.98 Å². The predicted octanol–water partition coefficient (Wildman–Crippen LogP) is 2.69. The summed E-state index contributed by atoms with van der Waals surface area (Å²) < 4.78 is 0. The first kappa shape index (κ1) is 14.2. The first-order chi connectivity index (χ1) is 10.1. The number of nitrogens with two attached hydrogens (primary N) is 1. The standard InChI is InChI=1S/C14H15Cl2N5/c15-10-3-1-2-4-12(10)20-5-7-21(8-6-20)13-11(16)9-18-14(17)19-13/h1-4,9H,5-8H2,(H2,17,18,19). The van der Waals surface area contributed by atoms with E-state index in [9.17, 15) is 0 Å². The van der Waals surface area contributed by atoms with Crippen LogP contribution in [-0.4, -0.2) is 36.1 Å². The van der Waals surface area contributed by atoms with Gasteiger partial charge in [-0.3, -0.25) is 0 Å². The molecule has 2 N–H and O–H groups in total. The lowest BCUT2D eigenvalue weighted by molar-refractivity contribution is 0.647. The van der Waals surface area contributed by atoms with E-state index in [4.69, 9.17) is 28.9 Å². The van der Waals surface area contributed by atoms with Gasteiger partial charge in [0.05, 0.1) is 16.9 Å². The van der Waals surface area contributed by atoms with Crippen molar-refractivity contribution >= 4 is 40.7 Å². The molecule has 0 saturated carbocycles. The molecule has 0 amide bonds. The molecule has 1 aliphatic rings. The predicted molar refractivity (Wildman–Crippen MR) is 87.3 cm³/mol. The first-order valence-electron chi connectivity index (χ1n) is 6.67. The molecular formula is C14H15Cl2N5. The number of hydrogen-bond donors (Lipinski definition) is 1. The highest BCUT2D eigenvalue weighted by Crippen LogP contribution is 2.28. The number of nitrogen functional groups attached to an aromatic ring is 1. The van der Waals surface area contributed by atoms with E-state index in [1.807, 2.05) is 24.3 Å². The monoisotopic (exact) mass is 323 g/mol. The summed E-state index contributed by atoms with van der Waals surface area (Å²) in [6, 6.07) is 7.87. The normalized spacial score (nSPS) is 15.3. The van der Waals surface area contributed by atoms with Crippen LogP contribution in [0, 0.1) is 0 Å². The minimum absolute atomic E-state index is 0.239. The molecule has 7 heteroatoms. The Labute approximate surface area is 133 Å². The Morgan fingerprint density at radius 1 is 0.952 bits per heavy atom. The number of hydrogen-bond acceptors (Lipinski definition) is 5. The minimum Gasteiger partial charge on any atom is -0.368 e. The van der Waals surface area contributed by atoms with E-state index in [0.29, 0.717) is 10.8 Å². The Kier molecular flexibility index (Phi) is 4.03. The maximum Gasteiger partial charge on any atom is 0.222 e. The fourth-order valence-corrected chi connectivity index (χ4v) is 2.93. The molecule has 1 fully saturated rings. The number of rotatable bonds is 2. The summed E-state index contributed by atoms with van der Waals surface area (Å²) in [7, 11) is 0. The lowest BCUT2D eigenvalue weighted by atomic mass is 10.2. The summed E-state index contributed by atoms with van der Waals surface area (Å²) in [5, 5.41) is 1.30. The third-order valence-electron chi connectivity index (χ3n) is 3.52. The molecule has 2 heterocycles. The van der Waals surface area contributed by atoms with Gasteiger partial charge in [-0.2, -0.15) is 4.98 Å². The molecule has 1 saturated heterocycles. The van der Waals surface area contributed by atoms with Crippen molar-refractivity contribution in [2.45, 2.75) is 0 Å². The van der Waals surface area contributed by atoms with Gasteiger partial charge in [0.2, 0.25) is 5.95 Å². The summed E-state index contributed by atoms with van der Waals surface area (Å²) in [6.07, 6.45) is 1.54. The average Bonchev–Trinajstić information content (AvgIpc) is 2.50. The summed E-state index contributed by atoms with van der Waals surface area (Å²) in [6.45, 7) is 3.32. The maximum absolute atomic E-state index is 6.24. The van der Waals surface area contributed by atoms with Crippen LogP contribution in [0.4, 0.5) is 17.5 Å². The summed E-state index contributed by atoms with van der Waals surface area (Å²) in [4.78, 5) is 12.5. The minimum atomic E-state index is 0.239. The van der Waals surface area contributed by atoms with E-state index in [2.05, 4.69) is 19.8 Å². The second-order valence-corrected chi connectivity index (χ2v) is 5.64. The molecule has 5 nitrogen and oxygen atoms in total. The number of para-hydroxylation sites is 1. The van der Waals surface area contributed by atoms with E-state index in [1.54, 1.807) is 6.20 Å². The topological polar surface area (TPSA) is 58.3 Å². The molecule has 0 spiro atoms. The number of halogens is 2. The molecule has 0 aliphatic carbocycles.